The fourth-order valence-electron chi connectivity index (χ4n) is 6.30. The van der Waals surface area contributed by atoms with Crippen LogP contribution in [0.4, 0.5) is 11.4 Å². The van der Waals surface area contributed by atoms with Crippen molar-refractivity contribution >= 4 is 31.6 Å². The predicted octanol–water partition coefficient (Wildman–Crippen LogP) is 10.7. The van der Waals surface area contributed by atoms with Crippen LogP contribution < -0.4 is 11.5 Å². The van der Waals surface area contributed by atoms with E-state index in [0.717, 1.165) is 12.1 Å². The Morgan fingerprint density at radius 3 is 0.873 bits per heavy atom. The molecule has 0 atom stereocenters. The minimum absolute atomic E-state index is 0.119. The molecule has 320 valence electrons. The van der Waals surface area contributed by atoms with E-state index >= 15 is 0 Å². The third kappa shape index (κ3) is 26.4. The van der Waals surface area contributed by atoms with Crippen molar-refractivity contribution in [3.63, 3.8) is 0 Å². The Balaban J connectivity index is 0.000000820. The number of nitrogens with two attached hydrogens (primary N) is 2. The van der Waals surface area contributed by atoms with Gasteiger partial charge in [0.15, 0.2) is 0 Å². The highest BCUT2D eigenvalue weighted by Crippen LogP contribution is 2.26. The summed E-state index contributed by atoms with van der Waals surface area (Å²) in [7, 11) is -9.10. The summed E-state index contributed by atoms with van der Waals surface area (Å²) in [5.41, 5.74) is 11.5. The number of nitrogen functional groups attached to an aromatic ring is 2. The first kappa shape index (κ1) is 52.8. The largest absolute Gasteiger partial charge is 0.399 e. The van der Waals surface area contributed by atoms with Gasteiger partial charge in [0.2, 0.25) is 0 Å². The zero-order valence-electron chi connectivity index (χ0n) is 35.5. The van der Waals surface area contributed by atoms with Crippen molar-refractivity contribution in [1.82, 2.24) is 9.80 Å². The van der Waals surface area contributed by atoms with Crippen LogP contribution in [0.1, 0.15) is 168 Å². The van der Waals surface area contributed by atoms with Crippen LogP contribution in [0, 0.1) is 0 Å². The molecule has 6 N–H and O–H groups in total. The molecular formula is C43H80N4O6S2. The second-order valence-electron chi connectivity index (χ2n) is 14.8. The molecule has 0 aromatic heterocycles. The maximum absolute atomic E-state index is 11.4. The van der Waals surface area contributed by atoms with Gasteiger partial charge in [0, 0.05) is 17.8 Å². The molecule has 0 heterocycles. The molecule has 0 saturated heterocycles. The van der Waals surface area contributed by atoms with E-state index in [-0.39, 0.29) is 28.9 Å². The lowest BCUT2D eigenvalue weighted by molar-refractivity contribution is 0.256. The van der Waals surface area contributed by atoms with Gasteiger partial charge in [0.1, 0.15) is 0 Å². The lowest BCUT2D eigenvalue weighted by Crippen LogP contribution is -2.27. The van der Waals surface area contributed by atoms with Gasteiger partial charge in [-0.2, -0.15) is 16.8 Å². The van der Waals surface area contributed by atoms with Gasteiger partial charge >= 0.3 is 0 Å². The summed E-state index contributed by atoms with van der Waals surface area (Å²) >= 11 is 0. The quantitative estimate of drug-likeness (QED) is 0.0369. The topological polar surface area (TPSA) is 167 Å². The van der Waals surface area contributed by atoms with Crippen LogP contribution in [0.25, 0.3) is 0 Å². The van der Waals surface area contributed by atoms with Crippen LogP contribution in [0.15, 0.2) is 46.2 Å². The zero-order chi connectivity index (χ0) is 41.5. The Hall–Kier alpha value is -2.22. The lowest BCUT2D eigenvalue weighted by atomic mass is 10.0. The Kier molecular flexibility index (Phi) is 30.5. The fraction of sp³-hybridized carbons (Fsp3) is 0.721. The molecule has 0 aliphatic heterocycles. The van der Waals surface area contributed by atoms with Gasteiger partial charge in [-0.05, 0) is 113 Å². The summed E-state index contributed by atoms with van der Waals surface area (Å²) in [5, 5.41) is 0. The molecule has 0 fully saturated rings. The Labute approximate surface area is 337 Å². The minimum atomic E-state index is -4.55. The van der Waals surface area contributed by atoms with E-state index in [1.165, 1.54) is 179 Å². The summed E-state index contributed by atoms with van der Waals surface area (Å²) < 4.78 is 64.3. The van der Waals surface area contributed by atoms with Crippen LogP contribution in [0.5, 0.6) is 0 Å². The average molecular weight is 813 g/mol. The summed E-state index contributed by atoms with van der Waals surface area (Å²) in [6.45, 7) is 21.7. The van der Waals surface area contributed by atoms with Crippen molar-refractivity contribution in [2.24, 2.45) is 0 Å². The first-order chi connectivity index (χ1) is 26.2. The van der Waals surface area contributed by atoms with Crippen molar-refractivity contribution in [2.45, 2.75) is 173 Å². The molecule has 0 unspecified atom stereocenters. The van der Waals surface area contributed by atoms with E-state index in [4.69, 9.17) is 11.5 Å². The molecule has 0 amide bonds. The molecule has 55 heavy (non-hydrogen) atoms. The van der Waals surface area contributed by atoms with Gasteiger partial charge in [0.25, 0.3) is 20.2 Å². The maximum Gasteiger partial charge on any atom is 0.294 e. The summed E-state index contributed by atoms with van der Waals surface area (Å²) in [6, 6.07) is 7.65. The zero-order valence-corrected chi connectivity index (χ0v) is 37.2. The summed E-state index contributed by atoms with van der Waals surface area (Å²) in [5.74, 6) is 0. The third-order valence-electron chi connectivity index (χ3n) is 9.59. The molecule has 0 aliphatic rings. The van der Waals surface area contributed by atoms with Gasteiger partial charge < -0.3 is 21.3 Å². The molecular weight excluding hydrogens is 733 g/mol. The number of unbranched alkanes of at least 4 members (excludes halogenated alkanes) is 12. The van der Waals surface area contributed by atoms with Crippen LogP contribution >= 0.6 is 0 Å². The second-order valence-corrected chi connectivity index (χ2v) is 17.6. The van der Waals surface area contributed by atoms with Gasteiger partial charge in [0.05, 0.1) is 9.79 Å². The van der Waals surface area contributed by atoms with Crippen molar-refractivity contribution in [3.8, 4) is 0 Å². The number of hydrogen-bond donors (Lipinski definition) is 4. The molecule has 0 aliphatic carbocycles. The van der Waals surface area contributed by atoms with Crippen LogP contribution in [0.2, 0.25) is 0 Å². The molecule has 2 rings (SSSR count). The standard InChI is InChI=1S/2C15H33N.C13H14N2O6S2/c2*1-4-7-10-13-16(14-11-8-5-2)15-12-9-6-3;14-10-3-1-8(12(6-10)22(16,17)18)5-9-2-4-11(15)7-13(9)23(19,20)21/h2*4-15H2,1-3H3;1-4,6-7H,5,14-15H2,(H,16,17,18)(H,19,20,21). The van der Waals surface area contributed by atoms with Gasteiger partial charge in [-0.15, -0.1) is 0 Å². The monoisotopic (exact) mass is 813 g/mol. The minimum Gasteiger partial charge on any atom is -0.399 e. The molecule has 0 spiro atoms. The Bertz CT molecular complexity index is 1310. The normalized spacial score (nSPS) is 11.7. The van der Waals surface area contributed by atoms with Crippen molar-refractivity contribution < 1.29 is 25.9 Å². The van der Waals surface area contributed by atoms with E-state index < -0.39 is 30.0 Å². The van der Waals surface area contributed by atoms with Gasteiger partial charge in [-0.3, -0.25) is 9.11 Å². The highest BCUT2D eigenvalue weighted by molar-refractivity contribution is 7.86. The third-order valence-corrected chi connectivity index (χ3v) is 11.5. The first-order valence-corrected chi connectivity index (χ1v) is 24.2. The predicted molar refractivity (Wildman–Crippen MR) is 234 cm³/mol. The molecule has 10 nitrogen and oxygen atoms in total. The molecule has 0 bridgehead atoms. The van der Waals surface area contributed by atoms with E-state index in [9.17, 15) is 25.9 Å². The maximum atomic E-state index is 11.4. The van der Waals surface area contributed by atoms with Gasteiger partial charge in [-0.25, -0.2) is 0 Å². The average Bonchev–Trinajstić information content (AvgIpc) is 3.13. The van der Waals surface area contributed by atoms with E-state index in [2.05, 4.69) is 51.3 Å². The number of benzene rings is 2. The number of hydrogen-bond acceptors (Lipinski definition) is 8. The first-order valence-electron chi connectivity index (χ1n) is 21.3. The lowest BCUT2D eigenvalue weighted by Gasteiger charge is -2.22. The SMILES string of the molecule is CCCCCN(CCCCC)CCCCC.CCCCCN(CCCCC)CCCCC.Nc1ccc(Cc2ccc(N)cc2S(=O)(=O)O)c(S(=O)(=O)O)c1. The molecule has 0 radical (unpaired) electrons. The fourth-order valence-corrected chi connectivity index (χ4v) is 7.82. The Morgan fingerprint density at radius 2 is 0.673 bits per heavy atom. The molecule has 12 heteroatoms. The van der Waals surface area contributed by atoms with E-state index in [1.807, 2.05) is 0 Å². The molecule has 2 aromatic carbocycles. The summed E-state index contributed by atoms with van der Waals surface area (Å²) in [4.78, 5) is 4.52. The number of nitrogens with zero attached hydrogens (tertiary/aromatic N) is 2. The van der Waals surface area contributed by atoms with Crippen LogP contribution in [-0.4, -0.2) is 75.0 Å². The number of anilines is 2. The van der Waals surface area contributed by atoms with Crippen LogP contribution in [0.3, 0.4) is 0 Å². The van der Waals surface area contributed by atoms with E-state index in [1.54, 1.807) is 0 Å². The molecule has 0 saturated carbocycles. The number of rotatable bonds is 28. The second kappa shape index (κ2) is 31.8. The van der Waals surface area contributed by atoms with Crippen LogP contribution in [-0.2, 0) is 26.7 Å². The van der Waals surface area contributed by atoms with Crippen molar-refractivity contribution in [2.75, 3.05) is 50.7 Å². The van der Waals surface area contributed by atoms with E-state index in [0.29, 0.717) is 0 Å². The summed E-state index contributed by atoms with van der Waals surface area (Å²) in [6.07, 6.45) is 24.7. The Morgan fingerprint density at radius 1 is 0.436 bits per heavy atom. The van der Waals surface area contributed by atoms with Crippen molar-refractivity contribution in [1.29, 1.82) is 0 Å². The highest BCUT2D eigenvalue weighted by atomic mass is 32.2. The smallest absolute Gasteiger partial charge is 0.294 e. The molecule has 2 aromatic rings. The highest BCUT2D eigenvalue weighted by Gasteiger charge is 2.21. The van der Waals surface area contributed by atoms with Gasteiger partial charge in [-0.1, -0.05) is 131 Å². The van der Waals surface area contributed by atoms with Crippen molar-refractivity contribution in [3.05, 3.63) is 47.5 Å².